The average molecular weight is 367 g/mol. The molecule has 0 saturated heterocycles. The summed E-state index contributed by atoms with van der Waals surface area (Å²) in [5, 5.41) is 2.95. The molecule has 0 aromatic heterocycles. The molecule has 1 atom stereocenters. The number of hydrogen-bond donors (Lipinski definition) is 1. The van der Waals surface area contributed by atoms with Gasteiger partial charge in [-0.2, -0.15) is 0 Å². The fourth-order valence-corrected chi connectivity index (χ4v) is 2.64. The van der Waals surface area contributed by atoms with Crippen molar-refractivity contribution in [1.29, 1.82) is 0 Å². The van der Waals surface area contributed by atoms with Crippen molar-refractivity contribution in [2.45, 2.75) is 39.3 Å². The lowest BCUT2D eigenvalue weighted by Crippen LogP contribution is -2.49. The lowest BCUT2D eigenvalue weighted by Gasteiger charge is -2.32. The van der Waals surface area contributed by atoms with Gasteiger partial charge in [0.25, 0.3) is 0 Å². The highest BCUT2D eigenvalue weighted by atomic mass is 79.9. The van der Waals surface area contributed by atoms with E-state index in [1.807, 2.05) is 45.0 Å². The van der Waals surface area contributed by atoms with E-state index in [1.54, 1.807) is 6.08 Å². The molecule has 0 spiro atoms. The van der Waals surface area contributed by atoms with Gasteiger partial charge >= 0.3 is 0 Å². The first-order chi connectivity index (χ1) is 10.2. The van der Waals surface area contributed by atoms with E-state index in [1.165, 1.54) is 11.8 Å². The summed E-state index contributed by atoms with van der Waals surface area (Å²) in [6, 6.07) is 6.72. The summed E-state index contributed by atoms with van der Waals surface area (Å²) in [6.07, 6.45) is 1.62. The van der Waals surface area contributed by atoms with Gasteiger partial charge in [0.05, 0.1) is 0 Å². The zero-order chi connectivity index (χ0) is 16.9. The molecule has 0 aliphatic rings. The maximum atomic E-state index is 12.8. The third-order valence-corrected chi connectivity index (χ3v) is 3.71. The van der Waals surface area contributed by atoms with E-state index in [4.69, 9.17) is 0 Å². The third-order valence-electron chi connectivity index (χ3n) is 2.99. The Hall–Kier alpha value is -1.62. The van der Waals surface area contributed by atoms with Gasteiger partial charge in [0, 0.05) is 23.5 Å². The van der Waals surface area contributed by atoms with Crippen LogP contribution >= 0.6 is 15.9 Å². The summed E-state index contributed by atoms with van der Waals surface area (Å²) in [5.41, 5.74) is 0.369. The van der Waals surface area contributed by atoms with Gasteiger partial charge in [-0.25, -0.2) is 0 Å². The molecule has 0 heterocycles. The van der Waals surface area contributed by atoms with E-state index in [0.717, 1.165) is 10.0 Å². The van der Waals surface area contributed by atoms with Crippen LogP contribution in [0.5, 0.6) is 0 Å². The van der Waals surface area contributed by atoms with Crippen molar-refractivity contribution in [3.8, 4) is 0 Å². The van der Waals surface area contributed by atoms with E-state index < -0.39 is 6.04 Å². The van der Waals surface area contributed by atoms with Crippen molar-refractivity contribution in [3.63, 3.8) is 0 Å². The van der Waals surface area contributed by atoms with Crippen molar-refractivity contribution >= 4 is 27.7 Å². The minimum absolute atomic E-state index is 0.176. The third kappa shape index (κ3) is 4.98. The molecule has 4 nitrogen and oxygen atoms in total. The van der Waals surface area contributed by atoms with E-state index >= 15 is 0 Å². The van der Waals surface area contributed by atoms with E-state index in [2.05, 4.69) is 27.8 Å². The molecule has 1 aromatic rings. The molecule has 1 unspecified atom stereocenters. The Bertz CT molecular complexity index is 564. The molecular weight excluding hydrogens is 344 g/mol. The van der Waals surface area contributed by atoms with Gasteiger partial charge in [0.2, 0.25) is 11.8 Å². The molecule has 120 valence electrons. The Labute approximate surface area is 140 Å². The Morgan fingerprint density at radius 3 is 2.41 bits per heavy atom. The number of hydrogen-bond acceptors (Lipinski definition) is 2. The van der Waals surface area contributed by atoms with Crippen LogP contribution in [-0.2, 0) is 9.59 Å². The van der Waals surface area contributed by atoms with Crippen LogP contribution < -0.4 is 5.32 Å². The van der Waals surface area contributed by atoms with Gasteiger partial charge in [-0.05, 0) is 32.4 Å². The zero-order valence-corrected chi connectivity index (χ0v) is 15.1. The molecule has 0 saturated carbocycles. The predicted octanol–water partition coefficient (Wildman–Crippen LogP) is 3.44. The molecule has 1 aromatic carbocycles. The molecule has 0 aliphatic heterocycles. The molecular formula is C17H23BrN2O2. The number of amides is 2. The Balaban J connectivity index is 3.31. The molecule has 22 heavy (non-hydrogen) atoms. The Kier molecular flexibility index (Phi) is 6.35. The highest BCUT2D eigenvalue weighted by Gasteiger charge is 2.32. The second-order valence-electron chi connectivity index (χ2n) is 6.12. The van der Waals surface area contributed by atoms with Crippen LogP contribution in [0, 0.1) is 0 Å². The lowest BCUT2D eigenvalue weighted by atomic mass is 10.0. The maximum Gasteiger partial charge on any atom is 0.247 e. The quantitative estimate of drug-likeness (QED) is 0.811. The molecule has 1 rings (SSSR count). The first-order valence-electron chi connectivity index (χ1n) is 7.12. The molecule has 0 radical (unpaired) electrons. The molecule has 0 bridgehead atoms. The maximum absolute atomic E-state index is 12.8. The Morgan fingerprint density at radius 1 is 1.36 bits per heavy atom. The predicted molar refractivity (Wildman–Crippen MR) is 92.4 cm³/mol. The summed E-state index contributed by atoms with van der Waals surface area (Å²) >= 11 is 3.47. The fourth-order valence-electron chi connectivity index (χ4n) is 2.14. The van der Waals surface area contributed by atoms with Crippen LogP contribution in [0.2, 0.25) is 0 Å². The SMILES string of the molecule is C=CCN(C(C)=O)C(C(=O)NC(C)(C)C)c1ccccc1Br. The number of carbonyl (C=O) groups excluding carboxylic acids is 2. The average Bonchev–Trinajstić information content (AvgIpc) is 2.38. The van der Waals surface area contributed by atoms with Crippen molar-refractivity contribution in [2.24, 2.45) is 0 Å². The number of rotatable bonds is 5. The number of nitrogens with zero attached hydrogens (tertiary/aromatic N) is 1. The summed E-state index contributed by atoms with van der Waals surface area (Å²) in [7, 11) is 0. The van der Waals surface area contributed by atoms with Gasteiger partial charge in [0.1, 0.15) is 6.04 Å². The summed E-state index contributed by atoms with van der Waals surface area (Å²) in [5.74, 6) is -0.388. The van der Waals surface area contributed by atoms with Crippen LogP contribution in [0.1, 0.15) is 39.3 Å². The second-order valence-corrected chi connectivity index (χ2v) is 6.98. The largest absolute Gasteiger partial charge is 0.349 e. The van der Waals surface area contributed by atoms with E-state index in [0.29, 0.717) is 6.54 Å². The van der Waals surface area contributed by atoms with E-state index in [-0.39, 0.29) is 17.4 Å². The Morgan fingerprint density at radius 2 is 1.95 bits per heavy atom. The summed E-state index contributed by atoms with van der Waals surface area (Å²) in [4.78, 5) is 26.3. The topological polar surface area (TPSA) is 49.4 Å². The van der Waals surface area contributed by atoms with Gasteiger partial charge in [-0.3, -0.25) is 9.59 Å². The second kappa shape index (κ2) is 7.58. The monoisotopic (exact) mass is 366 g/mol. The molecule has 5 heteroatoms. The standard InChI is InChI=1S/C17H23BrN2O2/c1-6-11-20(12(2)21)15(16(22)19-17(3,4)5)13-9-7-8-10-14(13)18/h6-10,15H,1,11H2,2-5H3,(H,19,22). The lowest BCUT2D eigenvalue weighted by molar-refractivity contribution is -0.139. The number of halogens is 1. The van der Waals surface area contributed by atoms with Crippen LogP contribution in [0.25, 0.3) is 0 Å². The van der Waals surface area contributed by atoms with Gasteiger partial charge < -0.3 is 10.2 Å². The van der Waals surface area contributed by atoms with Crippen molar-refractivity contribution in [3.05, 3.63) is 47.0 Å². The highest BCUT2D eigenvalue weighted by Crippen LogP contribution is 2.29. The first-order valence-corrected chi connectivity index (χ1v) is 7.91. The number of carbonyl (C=O) groups is 2. The number of benzene rings is 1. The van der Waals surface area contributed by atoms with Crippen molar-refractivity contribution in [1.82, 2.24) is 10.2 Å². The van der Waals surface area contributed by atoms with Crippen molar-refractivity contribution < 1.29 is 9.59 Å². The number of nitrogens with one attached hydrogen (secondary N) is 1. The molecule has 0 fully saturated rings. The minimum atomic E-state index is -0.703. The highest BCUT2D eigenvalue weighted by molar-refractivity contribution is 9.10. The van der Waals surface area contributed by atoms with Crippen LogP contribution in [-0.4, -0.2) is 28.8 Å². The smallest absolute Gasteiger partial charge is 0.247 e. The van der Waals surface area contributed by atoms with Gasteiger partial charge in [0.15, 0.2) is 0 Å². The van der Waals surface area contributed by atoms with E-state index in [9.17, 15) is 9.59 Å². The molecule has 0 aliphatic carbocycles. The van der Waals surface area contributed by atoms with Gasteiger partial charge in [-0.1, -0.05) is 40.2 Å². The first kappa shape index (κ1) is 18.4. The van der Waals surface area contributed by atoms with Crippen molar-refractivity contribution in [2.75, 3.05) is 6.54 Å². The minimum Gasteiger partial charge on any atom is -0.349 e. The molecule has 1 N–H and O–H groups in total. The zero-order valence-electron chi connectivity index (χ0n) is 13.5. The van der Waals surface area contributed by atoms with Crippen LogP contribution in [0.15, 0.2) is 41.4 Å². The van der Waals surface area contributed by atoms with Crippen LogP contribution in [0.3, 0.4) is 0 Å². The van der Waals surface area contributed by atoms with Crippen LogP contribution in [0.4, 0.5) is 0 Å². The fraction of sp³-hybridized carbons (Fsp3) is 0.412. The molecule has 2 amide bonds. The van der Waals surface area contributed by atoms with Gasteiger partial charge in [-0.15, -0.1) is 6.58 Å². The summed E-state index contributed by atoms with van der Waals surface area (Å²) in [6.45, 7) is 11.2. The normalized spacial score (nSPS) is 12.4. The summed E-state index contributed by atoms with van der Waals surface area (Å²) < 4.78 is 0.791.